The summed E-state index contributed by atoms with van der Waals surface area (Å²) in [6.07, 6.45) is 0.112. The molecule has 2 amide bonds. The van der Waals surface area contributed by atoms with Gasteiger partial charge >= 0.3 is 0 Å². The average molecular weight is 342 g/mol. The highest BCUT2D eigenvalue weighted by Gasteiger charge is 2.13. The molecule has 0 fully saturated rings. The van der Waals surface area contributed by atoms with E-state index in [9.17, 15) is 14.0 Å². The number of nitrogens with zero attached hydrogens (tertiary/aromatic N) is 1. The summed E-state index contributed by atoms with van der Waals surface area (Å²) in [5.41, 5.74) is 3.60. The van der Waals surface area contributed by atoms with Crippen molar-refractivity contribution >= 4 is 17.5 Å². The molecule has 25 heavy (non-hydrogen) atoms. The van der Waals surface area contributed by atoms with Gasteiger partial charge in [-0.2, -0.15) is 0 Å². The van der Waals surface area contributed by atoms with Crippen molar-refractivity contribution in [1.29, 1.82) is 0 Å². The predicted octanol–water partition coefficient (Wildman–Crippen LogP) is 3.15. The van der Waals surface area contributed by atoms with E-state index in [0.29, 0.717) is 18.7 Å². The summed E-state index contributed by atoms with van der Waals surface area (Å²) >= 11 is 0. The molecule has 0 unspecified atom stereocenters. The lowest BCUT2D eigenvalue weighted by Crippen LogP contribution is -2.38. The lowest BCUT2D eigenvalue weighted by Gasteiger charge is -2.22. The molecule has 4 nitrogen and oxygen atoms in total. The van der Waals surface area contributed by atoms with Crippen LogP contribution in [0.3, 0.4) is 0 Å². The molecule has 0 saturated heterocycles. The predicted molar refractivity (Wildman–Crippen MR) is 97.1 cm³/mol. The van der Waals surface area contributed by atoms with Crippen molar-refractivity contribution in [2.45, 2.75) is 27.2 Å². The molecule has 0 aliphatic heterocycles. The maximum Gasteiger partial charge on any atom is 0.224 e. The van der Waals surface area contributed by atoms with Gasteiger partial charge in [-0.05, 0) is 54.8 Å². The second kappa shape index (κ2) is 8.42. The highest BCUT2D eigenvalue weighted by atomic mass is 19.1. The number of nitrogens with one attached hydrogen (secondary N) is 1. The Hall–Kier alpha value is -2.69. The number of hydrogen-bond acceptors (Lipinski definition) is 2. The monoisotopic (exact) mass is 342 g/mol. The van der Waals surface area contributed by atoms with Gasteiger partial charge in [0.05, 0.1) is 6.42 Å². The molecule has 1 N–H and O–H groups in total. The molecule has 2 aromatic carbocycles. The van der Waals surface area contributed by atoms with E-state index in [2.05, 4.69) is 5.32 Å². The van der Waals surface area contributed by atoms with Crippen molar-refractivity contribution in [1.82, 2.24) is 5.32 Å². The van der Waals surface area contributed by atoms with Gasteiger partial charge in [0.15, 0.2) is 0 Å². The molecule has 2 aromatic rings. The SMILES string of the molecule is CC(=O)N(CCNC(=O)Cc1cccc(F)c1)c1cc(C)cc(C)c1. The number of anilines is 1. The summed E-state index contributed by atoms with van der Waals surface area (Å²) in [6.45, 7) is 6.19. The molecule has 0 saturated carbocycles. The van der Waals surface area contributed by atoms with Crippen LogP contribution in [0.2, 0.25) is 0 Å². The number of rotatable bonds is 6. The molecule has 5 heteroatoms. The zero-order valence-electron chi connectivity index (χ0n) is 14.8. The van der Waals surface area contributed by atoms with Crippen LogP contribution in [0.5, 0.6) is 0 Å². The van der Waals surface area contributed by atoms with E-state index in [-0.39, 0.29) is 24.1 Å². The third kappa shape index (κ3) is 5.71. The summed E-state index contributed by atoms with van der Waals surface area (Å²) in [7, 11) is 0. The van der Waals surface area contributed by atoms with Gasteiger partial charge in [-0.3, -0.25) is 9.59 Å². The third-order valence-electron chi connectivity index (χ3n) is 3.81. The topological polar surface area (TPSA) is 49.4 Å². The molecular weight excluding hydrogens is 319 g/mol. The highest BCUT2D eigenvalue weighted by Crippen LogP contribution is 2.18. The summed E-state index contributed by atoms with van der Waals surface area (Å²) < 4.78 is 13.1. The molecule has 0 aliphatic rings. The maximum absolute atomic E-state index is 13.1. The minimum absolute atomic E-state index is 0.0793. The normalized spacial score (nSPS) is 10.4. The second-order valence-corrected chi connectivity index (χ2v) is 6.17. The Balaban J connectivity index is 1.93. The van der Waals surface area contributed by atoms with Gasteiger partial charge in [0.2, 0.25) is 11.8 Å². The van der Waals surface area contributed by atoms with Gasteiger partial charge in [0.1, 0.15) is 5.82 Å². The fraction of sp³-hybridized carbons (Fsp3) is 0.300. The third-order valence-corrected chi connectivity index (χ3v) is 3.81. The summed E-state index contributed by atoms with van der Waals surface area (Å²) in [5, 5.41) is 2.78. The Morgan fingerprint density at radius 1 is 1.08 bits per heavy atom. The zero-order chi connectivity index (χ0) is 18.4. The Morgan fingerprint density at radius 3 is 2.36 bits per heavy atom. The molecule has 0 heterocycles. The Bertz CT molecular complexity index is 754. The van der Waals surface area contributed by atoms with Gasteiger partial charge in [-0.1, -0.05) is 18.2 Å². The number of amides is 2. The quantitative estimate of drug-likeness (QED) is 0.877. The van der Waals surface area contributed by atoms with E-state index >= 15 is 0 Å². The minimum Gasteiger partial charge on any atom is -0.354 e. The number of halogens is 1. The maximum atomic E-state index is 13.1. The molecule has 132 valence electrons. The van der Waals surface area contributed by atoms with Crippen LogP contribution in [0.1, 0.15) is 23.6 Å². The Morgan fingerprint density at radius 2 is 1.76 bits per heavy atom. The van der Waals surface area contributed by atoms with Crippen LogP contribution >= 0.6 is 0 Å². The summed E-state index contributed by atoms with van der Waals surface area (Å²) in [6, 6.07) is 11.9. The number of carbonyl (C=O) groups excluding carboxylic acids is 2. The summed E-state index contributed by atoms with van der Waals surface area (Å²) in [5.74, 6) is -0.637. The standard InChI is InChI=1S/C20H23FN2O2/c1-14-9-15(2)11-19(10-14)23(16(3)24)8-7-22-20(25)13-17-5-4-6-18(21)12-17/h4-6,9-12H,7-8,13H2,1-3H3,(H,22,25). The van der Waals surface area contributed by atoms with Crippen LogP contribution in [-0.2, 0) is 16.0 Å². The first-order valence-corrected chi connectivity index (χ1v) is 8.22. The van der Waals surface area contributed by atoms with Gasteiger partial charge in [-0.25, -0.2) is 4.39 Å². The van der Waals surface area contributed by atoms with E-state index in [4.69, 9.17) is 0 Å². The first-order chi connectivity index (χ1) is 11.8. The van der Waals surface area contributed by atoms with Crippen LogP contribution in [0.15, 0.2) is 42.5 Å². The zero-order valence-corrected chi connectivity index (χ0v) is 14.8. The van der Waals surface area contributed by atoms with Gasteiger partial charge in [-0.15, -0.1) is 0 Å². The number of aryl methyl sites for hydroxylation is 2. The van der Waals surface area contributed by atoms with Crippen LogP contribution in [0.25, 0.3) is 0 Å². The van der Waals surface area contributed by atoms with Crippen LogP contribution in [0.4, 0.5) is 10.1 Å². The number of benzene rings is 2. The fourth-order valence-electron chi connectivity index (χ4n) is 2.78. The van der Waals surface area contributed by atoms with Crippen molar-refractivity contribution < 1.29 is 14.0 Å². The lowest BCUT2D eigenvalue weighted by molar-refractivity contribution is -0.121. The first kappa shape index (κ1) is 18.6. The van der Waals surface area contributed by atoms with Crippen LogP contribution in [-0.4, -0.2) is 24.9 Å². The lowest BCUT2D eigenvalue weighted by atomic mass is 10.1. The van der Waals surface area contributed by atoms with Gasteiger partial charge < -0.3 is 10.2 Å². The molecule has 0 bridgehead atoms. The summed E-state index contributed by atoms with van der Waals surface area (Å²) in [4.78, 5) is 25.6. The highest BCUT2D eigenvalue weighted by molar-refractivity contribution is 5.91. The average Bonchev–Trinajstić information content (AvgIpc) is 2.50. The van der Waals surface area contributed by atoms with E-state index in [1.165, 1.54) is 19.1 Å². The van der Waals surface area contributed by atoms with Crippen molar-refractivity contribution in [3.63, 3.8) is 0 Å². The second-order valence-electron chi connectivity index (χ2n) is 6.17. The number of carbonyl (C=O) groups is 2. The molecule has 0 radical (unpaired) electrons. The van der Waals surface area contributed by atoms with Crippen molar-refractivity contribution in [2.24, 2.45) is 0 Å². The molecule has 0 atom stereocenters. The van der Waals surface area contributed by atoms with Crippen molar-refractivity contribution in [3.8, 4) is 0 Å². The Kier molecular flexibility index (Phi) is 6.28. The number of hydrogen-bond donors (Lipinski definition) is 1. The van der Waals surface area contributed by atoms with Crippen LogP contribution in [0, 0.1) is 19.7 Å². The molecule has 2 rings (SSSR count). The van der Waals surface area contributed by atoms with E-state index in [0.717, 1.165) is 16.8 Å². The van der Waals surface area contributed by atoms with Gasteiger partial charge in [0.25, 0.3) is 0 Å². The first-order valence-electron chi connectivity index (χ1n) is 8.22. The molecule has 0 spiro atoms. The molecule has 0 aliphatic carbocycles. The minimum atomic E-state index is -0.358. The fourth-order valence-corrected chi connectivity index (χ4v) is 2.78. The van der Waals surface area contributed by atoms with Crippen molar-refractivity contribution in [3.05, 3.63) is 65.0 Å². The van der Waals surface area contributed by atoms with E-state index in [1.807, 2.05) is 32.0 Å². The van der Waals surface area contributed by atoms with E-state index in [1.54, 1.807) is 17.0 Å². The van der Waals surface area contributed by atoms with Crippen LogP contribution < -0.4 is 10.2 Å². The largest absolute Gasteiger partial charge is 0.354 e. The van der Waals surface area contributed by atoms with Crippen molar-refractivity contribution in [2.75, 3.05) is 18.0 Å². The molecular formula is C20H23FN2O2. The van der Waals surface area contributed by atoms with E-state index < -0.39 is 0 Å². The Labute approximate surface area is 147 Å². The van der Waals surface area contributed by atoms with Gasteiger partial charge in [0, 0.05) is 25.7 Å². The smallest absolute Gasteiger partial charge is 0.224 e. The molecule has 0 aromatic heterocycles.